The standard InChI is InChI=1S/C15H24N2O2/c1-17-9-5-4-8-15(17,11-16)12-6-7-13(18-2)14(10-12)19-3/h6-7,10H,4-5,8-9,11,16H2,1-3H3. The lowest BCUT2D eigenvalue weighted by Crippen LogP contribution is -2.52. The third kappa shape index (κ3) is 2.42. The summed E-state index contributed by atoms with van der Waals surface area (Å²) in [5.41, 5.74) is 7.25. The highest BCUT2D eigenvalue weighted by atomic mass is 16.5. The molecule has 0 radical (unpaired) electrons. The van der Waals surface area contributed by atoms with Crippen LogP contribution in [0.1, 0.15) is 24.8 Å². The predicted octanol–water partition coefficient (Wildman–Crippen LogP) is 1.97. The maximum Gasteiger partial charge on any atom is 0.161 e. The van der Waals surface area contributed by atoms with E-state index in [0.717, 1.165) is 24.5 Å². The number of nitrogens with zero attached hydrogens (tertiary/aromatic N) is 1. The summed E-state index contributed by atoms with van der Waals surface area (Å²) in [6.07, 6.45) is 3.55. The van der Waals surface area contributed by atoms with Crippen LogP contribution in [0, 0.1) is 0 Å². The first-order chi connectivity index (χ1) is 9.17. The van der Waals surface area contributed by atoms with Gasteiger partial charge in [-0.3, -0.25) is 4.90 Å². The molecular weight excluding hydrogens is 240 g/mol. The van der Waals surface area contributed by atoms with E-state index < -0.39 is 0 Å². The van der Waals surface area contributed by atoms with Gasteiger partial charge in [0.25, 0.3) is 0 Å². The first kappa shape index (κ1) is 14.2. The Hall–Kier alpha value is -1.26. The van der Waals surface area contributed by atoms with Gasteiger partial charge >= 0.3 is 0 Å². The van der Waals surface area contributed by atoms with E-state index in [2.05, 4.69) is 24.1 Å². The molecule has 1 unspecified atom stereocenters. The molecule has 1 aromatic carbocycles. The van der Waals surface area contributed by atoms with E-state index >= 15 is 0 Å². The second kappa shape index (κ2) is 5.80. The number of rotatable bonds is 4. The van der Waals surface area contributed by atoms with Crippen LogP contribution < -0.4 is 15.2 Å². The maximum atomic E-state index is 6.11. The molecule has 2 N–H and O–H groups in total. The first-order valence-electron chi connectivity index (χ1n) is 6.82. The van der Waals surface area contributed by atoms with Gasteiger partial charge in [0.1, 0.15) is 0 Å². The molecule has 1 atom stereocenters. The van der Waals surface area contributed by atoms with Gasteiger partial charge in [0.2, 0.25) is 0 Å². The first-order valence-corrected chi connectivity index (χ1v) is 6.82. The summed E-state index contributed by atoms with van der Waals surface area (Å²) in [6.45, 7) is 1.71. The molecule has 1 fully saturated rings. The van der Waals surface area contributed by atoms with Crippen LogP contribution in [-0.4, -0.2) is 39.3 Å². The lowest BCUT2D eigenvalue weighted by atomic mass is 9.80. The number of hydrogen-bond donors (Lipinski definition) is 1. The van der Waals surface area contributed by atoms with E-state index in [1.54, 1.807) is 14.2 Å². The molecule has 1 heterocycles. The molecule has 0 amide bonds. The highest BCUT2D eigenvalue weighted by Gasteiger charge is 2.37. The summed E-state index contributed by atoms with van der Waals surface area (Å²) in [4.78, 5) is 2.37. The second-order valence-electron chi connectivity index (χ2n) is 5.18. The summed E-state index contributed by atoms with van der Waals surface area (Å²) in [5.74, 6) is 1.53. The van der Waals surface area contributed by atoms with Gasteiger partial charge in [0, 0.05) is 6.54 Å². The topological polar surface area (TPSA) is 47.7 Å². The number of benzene rings is 1. The second-order valence-corrected chi connectivity index (χ2v) is 5.18. The number of piperidine rings is 1. The molecule has 2 rings (SSSR count). The van der Waals surface area contributed by atoms with Crippen molar-refractivity contribution in [3.05, 3.63) is 23.8 Å². The van der Waals surface area contributed by atoms with Crippen molar-refractivity contribution in [3.63, 3.8) is 0 Å². The minimum atomic E-state index is -0.0716. The Morgan fingerprint density at radius 2 is 1.95 bits per heavy atom. The van der Waals surface area contributed by atoms with Gasteiger partial charge in [-0.05, 0) is 50.6 Å². The highest BCUT2D eigenvalue weighted by molar-refractivity contribution is 5.45. The van der Waals surface area contributed by atoms with E-state index in [-0.39, 0.29) is 5.54 Å². The molecule has 0 bridgehead atoms. The average molecular weight is 264 g/mol. The van der Waals surface area contributed by atoms with Gasteiger partial charge < -0.3 is 15.2 Å². The van der Waals surface area contributed by atoms with Gasteiger partial charge in [0.15, 0.2) is 11.5 Å². The van der Waals surface area contributed by atoms with Crippen LogP contribution in [0.3, 0.4) is 0 Å². The van der Waals surface area contributed by atoms with Crippen molar-refractivity contribution in [2.75, 3.05) is 34.4 Å². The molecule has 1 aliphatic rings. The van der Waals surface area contributed by atoms with Crippen LogP contribution >= 0.6 is 0 Å². The minimum Gasteiger partial charge on any atom is -0.493 e. The van der Waals surface area contributed by atoms with Crippen molar-refractivity contribution in [3.8, 4) is 11.5 Å². The van der Waals surface area contributed by atoms with Crippen molar-refractivity contribution >= 4 is 0 Å². The van der Waals surface area contributed by atoms with Crippen molar-refractivity contribution in [2.24, 2.45) is 5.73 Å². The van der Waals surface area contributed by atoms with Crippen LogP contribution in [-0.2, 0) is 5.54 Å². The normalized spacial score (nSPS) is 24.2. The number of ether oxygens (including phenoxy) is 2. The van der Waals surface area contributed by atoms with E-state index in [4.69, 9.17) is 15.2 Å². The van der Waals surface area contributed by atoms with Crippen LogP contribution in [0.4, 0.5) is 0 Å². The number of methoxy groups -OCH3 is 2. The third-order valence-corrected chi connectivity index (χ3v) is 4.32. The largest absolute Gasteiger partial charge is 0.493 e. The zero-order valence-corrected chi connectivity index (χ0v) is 12.1. The Kier molecular flexibility index (Phi) is 4.32. The Morgan fingerprint density at radius 3 is 2.53 bits per heavy atom. The Labute approximate surface area is 115 Å². The van der Waals surface area contributed by atoms with Gasteiger partial charge in [-0.1, -0.05) is 6.07 Å². The summed E-state index contributed by atoms with van der Waals surface area (Å²) < 4.78 is 10.7. The van der Waals surface area contributed by atoms with Crippen molar-refractivity contribution in [2.45, 2.75) is 24.8 Å². The summed E-state index contributed by atoms with van der Waals surface area (Å²) in [7, 11) is 5.48. The van der Waals surface area contributed by atoms with Crippen molar-refractivity contribution < 1.29 is 9.47 Å². The van der Waals surface area contributed by atoms with Crippen LogP contribution in [0.25, 0.3) is 0 Å². The number of likely N-dealkylation sites (N-methyl/N-ethyl adjacent to an activating group) is 1. The monoisotopic (exact) mass is 264 g/mol. The average Bonchev–Trinajstić information content (AvgIpc) is 2.47. The van der Waals surface area contributed by atoms with E-state index in [0.29, 0.717) is 6.54 Å². The van der Waals surface area contributed by atoms with Crippen LogP contribution in [0.2, 0.25) is 0 Å². The third-order valence-electron chi connectivity index (χ3n) is 4.32. The summed E-state index contributed by atoms with van der Waals surface area (Å²) in [5, 5.41) is 0. The molecule has 106 valence electrons. The van der Waals surface area contributed by atoms with Crippen LogP contribution in [0.5, 0.6) is 11.5 Å². The van der Waals surface area contributed by atoms with Crippen LogP contribution in [0.15, 0.2) is 18.2 Å². The van der Waals surface area contributed by atoms with Crippen molar-refractivity contribution in [1.29, 1.82) is 0 Å². The smallest absolute Gasteiger partial charge is 0.161 e. The molecule has 1 aliphatic heterocycles. The quantitative estimate of drug-likeness (QED) is 0.903. The van der Waals surface area contributed by atoms with E-state index in [9.17, 15) is 0 Å². The fraction of sp³-hybridized carbons (Fsp3) is 0.600. The van der Waals surface area contributed by atoms with Gasteiger partial charge in [0.05, 0.1) is 19.8 Å². The molecule has 0 aliphatic carbocycles. The van der Waals surface area contributed by atoms with Gasteiger partial charge in [-0.25, -0.2) is 0 Å². The lowest BCUT2D eigenvalue weighted by Gasteiger charge is -2.45. The fourth-order valence-electron chi connectivity index (χ4n) is 3.04. The fourth-order valence-corrected chi connectivity index (χ4v) is 3.04. The SMILES string of the molecule is COc1ccc(C2(CN)CCCCN2C)cc1OC. The Balaban J connectivity index is 2.43. The molecule has 4 heteroatoms. The number of hydrogen-bond acceptors (Lipinski definition) is 4. The lowest BCUT2D eigenvalue weighted by molar-refractivity contribution is 0.0781. The molecule has 19 heavy (non-hydrogen) atoms. The minimum absolute atomic E-state index is 0.0716. The predicted molar refractivity (Wildman–Crippen MR) is 76.8 cm³/mol. The zero-order valence-electron chi connectivity index (χ0n) is 12.1. The molecule has 1 aromatic rings. The maximum absolute atomic E-state index is 6.11. The number of nitrogens with two attached hydrogens (primary N) is 1. The molecule has 0 saturated carbocycles. The molecule has 1 saturated heterocycles. The van der Waals surface area contributed by atoms with E-state index in [1.165, 1.54) is 18.4 Å². The zero-order chi connectivity index (χ0) is 13.9. The number of likely N-dealkylation sites (tertiary alicyclic amines) is 1. The van der Waals surface area contributed by atoms with E-state index in [1.807, 2.05) is 6.07 Å². The van der Waals surface area contributed by atoms with Gasteiger partial charge in [-0.15, -0.1) is 0 Å². The molecule has 4 nitrogen and oxygen atoms in total. The molecule has 0 spiro atoms. The summed E-state index contributed by atoms with van der Waals surface area (Å²) in [6, 6.07) is 6.14. The highest BCUT2D eigenvalue weighted by Crippen LogP contribution is 2.39. The Morgan fingerprint density at radius 1 is 1.21 bits per heavy atom. The summed E-state index contributed by atoms with van der Waals surface area (Å²) >= 11 is 0. The van der Waals surface area contributed by atoms with Gasteiger partial charge in [-0.2, -0.15) is 0 Å². The molecule has 0 aromatic heterocycles. The molecular formula is C15H24N2O2. The van der Waals surface area contributed by atoms with Crippen molar-refractivity contribution in [1.82, 2.24) is 4.90 Å². The Bertz CT molecular complexity index is 436.